The molecule has 0 aliphatic carbocycles. The fourth-order valence-corrected chi connectivity index (χ4v) is 3.75. The van der Waals surface area contributed by atoms with E-state index in [-0.39, 0.29) is 16.9 Å². The van der Waals surface area contributed by atoms with Gasteiger partial charge in [0.1, 0.15) is 4.88 Å². The van der Waals surface area contributed by atoms with Crippen LogP contribution in [0, 0.1) is 0 Å². The Labute approximate surface area is 140 Å². The normalized spacial score (nSPS) is 14.0. The molecule has 0 spiro atoms. The molecule has 0 unspecified atom stereocenters. The van der Waals surface area contributed by atoms with Gasteiger partial charge >= 0.3 is 5.69 Å². The van der Waals surface area contributed by atoms with E-state index in [4.69, 9.17) is 0 Å². The molecule has 122 valence electrons. The van der Waals surface area contributed by atoms with Gasteiger partial charge in [0.05, 0.1) is 5.52 Å². The highest BCUT2D eigenvalue weighted by Gasteiger charge is 2.26. The van der Waals surface area contributed by atoms with Gasteiger partial charge in [0.15, 0.2) is 5.52 Å². The van der Waals surface area contributed by atoms with E-state index in [1.165, 1.54) is 12.6 Å². The van der Waals surface area contributed by atoms with Crippen molar-refractivity contribution in [2.75, 3.05) is 6.54 Å². The third-order valence-electron chi connectivity index (χ3n) is 4.35. The van der Waals surface area contributed by atoms with Crippen LogP contribution in [0.15, 0.2) is 33.9 Å². The van der Waals surface area contributed by atoms with Crippen molar-refractivity contribution in [1.82, 2.24) is 18.8 Å². The molecule has 8 heteroatoms. The van der Waals surface area contributed by atoms with Crippen LogP contribution in [0.25, 0.3) is 11.0 Å². The van der Waals surface area contributed by atoms with Crippen LogP contribution >= 0.6 is 11.5 Å². The summed E-state index contributed by atoms with van der Waals surface area (Å²) in [5.41, 5.74) is 1.69. The molecule has 0 saturated carbocycles. The first-order valence-corrected chi connectivity index (χ1v) is 8.28. The monoisotopic (exact) mass is 342 g/mol. The van der Waals surface area contributed by atoms with Crippen molar-refractivity contribution >= 4 is 28.5 Å². The van der Waals surface area contributed by atoms with Gasteiger partial charge in [-0.15, -0.1) is 0 Å². The minimum Gasteiger partial charge on any atom is -0.333 e. The summed E-state index contributed by atoms with van der Waals surface area (Å²) in [6, 6.07) is 8.03. The summed E-state index contributed by atoms with van der Waals surface area (Å²) < 4.78 is 5.02. The minimum absolute atomic E-state index is 0.128. The van der Waals surface area contributed by atoms with Gasteiger partial charge in [-0.3, -0.25) is 14.2 Å². The van der Waals surface area contributed by atoms with Crippen LogP contribution in [0.4, 0.5) is 0 Å². The van der Waals surface area contributed by atoms with Crippen molar-refractivity contribution in [2.45, 2.75) is 13.0 Å². The lowest BCUT2D eigenvalue weighted by molar-refractivity contribution is 0.0741. The number of aromatic amines is 1. The average Bonchev–Trinajstić information content (AvgIpc) is 3.02. The predicted molar refractivity (Wildman–Crippen MR) is 90.4 cm³/mol. The lowest BCUT2D eigenvalue weighted by atomic mass is 10.00. The number of nitrogens with zero attached hydrogens (tertiary/aromatic N) is 3. The lowest BCUT2D eigenvalue weighted by Gasteiger charge is -2.28. The zero-order valence-electron chi connectivity index (χ0n) is 12.9. The first kappa shape index (κ1) is 14.8. The van der Waals surface area contributed by atoms with Gasteiger partial charge in [0, 0.05) is 20.1 Å². The van der Waals surface area contributed by atoms with Gasteiger partial charge in [-0.1, -0.05) is 24.3 Å². The van der Waals surface area contributed by atoms with Gasteiger partial charge in [0.2, 0.25) is 0 Å². The highest BCUT2D eigenvalue weighted by atomic mass is 32.1. The van der Waals surface area contributed by atoms with Crippen molar-refractivity contribution in [3.05, 3.63) is 61.1 Å². The van der Waals surface area contributed by atoms with E-state index in [1.807, 2.05) is 18.2 Å². The molecule has 1 amide bonds. The Morgan fingerprint density at radius 3 is 2.79 bits per heavy atom. The third kappa shape index (κ3) is 2.18. The van der Waals surface area contributed by atoms with Crippen molar-refractivity contribution < 1.29 is 4.79 Å². The van der Waals surface area contributed by atoms with Crippen molar-refractivity contribution in [2.24, 2.45) is 7.05 Å². The number of carbonyl (C=O) groups excluding carboxylic acids is 1. The fourth-order valence-electron chi connectivity index (χ4n) is 2.95. The lowest BCUT2D eigenvalue weighted by Crippen LogP contribution is -2.36. The van der Waals surface area contributed by atoms with Crippen LogP contribution in [-0.4, -0.2) is 31.3 Å². The molecular weight excluding hydrogens is 328 g/mol. The molecule has 2 aromatic heterocycles. The Balaban J connectivity index is 1.75. The number of hydrogen-bond donors (Lipinski definition) is 1. The van der Waals surface area contributed by atoms with Gasteiger partial charge in [0.25, 0.3) is 11.5 Å². The molecule has 0 atom stereocenters. The van der Waals surface area contributed by atoms with Gasteiger partial charge in [-0.25, -0.2) is 4.79 Å². The largest absolute Gasteiger partial charge is 0.333 e. The molecule has 0 radical (unpaired) electrons. The molecule has 0 fully saturated rings. The summed E-state index contributed by atoms with van der Waals surface area (Å²) in [4.78, 5) is 41.4. The fraction of sp³-hybridized carbons (Fsp3) is 0.250. The zero-order valence-corrected chi connectivity index (χ0v) is 13.7. The Morgan fingerprint density at radius 1 is 1.25 bits per heavy atom. The van der Waals surface area contributed by atoms with Crippen molar-refractivity contribution in [3.8, 4) is 0 Å². The van der Waals surface area contributed by atoms with Crippen LogP contribution in [0.1, 0.15) is 20.8 Å². The molecule has 7 nitrogen and oxygen atoms in total. The Kier molecular flexibility index (Phi) is 3.34. The SMILES string of the molecule is Cn1c(=O)[nH]c2c(C(=O)N3CCc4ccccc4C3)snc2c1=O. The highest BCUT2D eigenvalue weighted by molar-refractivity contribution is 7.09. The number of rotatable bonds is 1. The number of benzene rings is 1. The number of amides is 1. The molecule has 0 saturated heterocycles. The summed E-state index contributed by atoms with van der Waals surface area (Å²) in [5, 5.41) is 0. The maximum absolute atomic E-state index is 12.9. The Bertz CT molecular complexity index is 1080. The van der Waals surface area contributed by atoms with E-state index in [1.54, 1.807) is 4.90 Å². The molecule has 24 heavy (non-hydrogen) atoms. The second-order valence-corrected chi connectivity index (χ2v) is 6.55. The molecule has 4 rings (SSSR count). The van der Waals surface area contributed by atoms with E-state index >= 15 is 0 Å². The summed E-state index contributed by atoms with van der Waals surface area (Å²) in [6.07, 6.45) is 0.789. The molecule has 3 aromatic rings. The van der Waals surface area contributed by atoms with Crippen LogP contribution in [0.5, 0.6) is 0 Å². The third-order valence-corrected chi connectivity index (χ3v) is 5.18. The summed E-state index contributed by atoms with van der Waals surface area (Å²) in [6.45, 7) is 1.12. The summed E-state index contributed by atoms with van der Waals surface area (Å²) >= 11 is 0.953. The standard InChI is InChI=1S/C16H14N4O3S/c1-19-14(21)12-11(17-16(19)23)13(24-18-12)15(22)20-7-6-9-4-2-3-5-10(9)8-20/h2-5H,6-8H2,1H3,(H,17,23). The van der Waals surface area contributed by atoms with E-state index < -0.39 is 11.2 Å². The maximum Gasteiger partial charge on any atom is 0.328 e. The van der Waals surface area contributed by atoms with Crippen molar-refractivity contribution in [1.29, 1.82) is 0 Å². The molecule has 1 aromatic carbocycles. The molecule has 1 aliphatic rings. The minimum atomic E-state index is -0.550. The van der Waals surface area contributed by atoms with Gasteiger partial charge in [-0.2, -0.15) is 4.37 Å². The second-order valence-electron chi connectivity index (χ2n) is 5.78. The van der Waals surface area contributed by atoms with Crippen LogP contribution < -0.4 is 11.2 Å². The van der Waals surface area contributed by atoms with Crippen LogP contribution in [-0.2, 0) is 20.0 Å². The average molecular weight is 342 g/mol. The van der Waals surface area contributed by atoms with E-state index in [2.05, 4.69) is 15.4 Å². The first-order chi connectivity index (χ1) is 11.6. The maximum atomic E-state index is 12.9. The van der Waals surface area contributed by atoms with Crippen LogP contribution in [0.3, 0.4) is 0 Å². The quantitative estimate of drug-likeness (QED) is 0.711. The Morgan fingerprint density at radius 2 is 2.00 bits per heavy atom. The van der Waals surface area contributed by atoms with Gasteiger partial charge < -0.3 is 9.88 Å². The highest BCUT2D eigenvalue weighted by Crippen LogP contribution is 2.24. The molecule has 1 N–H and O–H groups in total. The zero-order chi connectivity index (χ0) is 16.8. The summed E-state index contributed by atoms with van der Waals surface area (Å²) in [5.74, 6) is -0.207. The first-order valence-electron chi connectivity index (χ1n) is 7.51. The van der Waals surface area contributed by atoms with E-state index in [9.17, 15) is 14.4 Å². The number of carbonyl (C=O) groups is 1. The molecular formula is C16H14N4O3S. The number of aromatic nitrogens is 3. The van der Waals surface area contributed by atoms with Crippen molar-refractivity contribution in [3.63, 3.8) is 0 Å². The summed E-state index contributed by atoms with van der Waals surface area (Å²) in [7, 11) is 1.38. The van der Waals surface area contributed by atoms with Crippen LogP contribution in [0.2, 0.25) is 0 Å². The van der Waals surface area contributed by atoms with E-state index in [0.29, 0.717) is 18.0 Å². The number of fused-ring (bicyclic) bond motifs is 2. The Hall–Kier alpha value is -2.74. The topological polar surface area (TPSA) is 88.1 Å². The molecule has 3 heterocycles. The molecule has 1 aliphatic heterocycles. The van der Waals surface area contributed by atoms with Gasteiger partial charge in [-0.05, 0) is 29.1 Å². The molecule has 0 bridgehead atoms. The predicted octanol–water partition coefficient (Wildman–Crippen LogP) is 0.882. The van der Waals surface area contributed by atoms with E-state index in [0.717, 1.165) is 28.1 Å². The number of H-pyrrole nitrogens is 1. The number of nitrogens with one attached hydrogen (secondary N) is 1. The smallest absolute Gasteiger partial charge is 0.328 e. The second kappa shape index (κ2) is 5.41. The number of hydrogen-bond acceptors (Lipinski definition) is 5.